The molecule has 126 valence electrons. The summed E-state index contributed by atoms with van der Waals surface area (Å²) in [6.45, 7) is 7.22. The van der Waals surface area contributed by atoms with Crippen molar-refractivity contribution in [2.45, 2.75) is 32.6 Å². The number of rotatable bonds is 1. The maximum Gasteiger partial charge on any atom is 0.259 e. The van der Waals surface area contributed by atoms with E-state index in [1.54, 1.807) is 0 Å². The van der Waals surface area contributed by atoms with E-state index in [1.165, 1.54) is 5.56 Å². The van der Waals surface area contributed by atoms with Gasteiger partial charge in [0, 0.05) is 17.5 Å². The third-order valence-corrected chi connectivity index (χ3v) is 4.88. The predicted octanol–water partition coefficient (Wildman–Crippen LogP) is 4.74. The van der Waals surface area contributed by atoms with Crippen LogP contribution in [0.2, 0.25) is 0 Å². The Balaban J connectivity index is 1.68. The molecule has 3 nitrogen and oxygen atoms in total. The number of carbonyl (C=O) groups excluding carboxylic acids is 1. The third-order valence-electron chi connectivity index (χ3n) is 4.88. The van der Waals surface area contributed by atoms with Crippen molar-refractivity contribution in [1.82, 2.24) is 4.98 Å². The zero-order valence-corrected chi connectivity index (χ0v) is 14.9. The second-order valence-corrected chi connectivity index (χ2v) is 7.70. The van der Waals surface area contributed by atoms with E-state index in [9.17, 15) is 4.79 Å². The fraction of sp³-hybridized carbons (Fsp3) is 0.273. The zero-order chi connectivity index (χ0) is 17.6. The Labute approximate surface area is 148 Å². The van der Waals surface area contributed by atoms with Crippen LogP contribution >= 0.6 is 0 Å². The van der Waals surface area contributed by atoms with E-state index >= 15 is 0 Å². The Morgan fingerprint density at radius 3 is 2.48 bits per heavy atom. The van der Waals surface area contributed by atoms with Crippen molar-refractivity contribution in [2.24, 2.45) is 0 Å². The highest BCUT2D eigenvalue weighted by molar-refractivity contribution is 6.07. The summed E-state index contributed by atoms with van der Waals surface area (Å²) in [6.07, 6.45) is 0.860. The Bertz CT molecular complexity index is 952. The van der Waals surface area contributed by atoms with Crippen LogP contribution in [0.15, 0.2) is 54.6 Å². The minimum absolute atomic E-state index is 0.0296. The van der Waals surface area contributed by atoms with Crippen molar-refractivity contribution in [3.05, 3.63) is 71.3 Å². The number of fused-ring (bicyclic) bond motifs is 2. The lowest BCUT2D eigenvalue weighted by Gasteiger charge is -2.20. The minimum Gasteiger partial charge on any atom is -0.292 e. The van der Waals surface area contributed by atoms with Gasteiger partial charge in [0.05, 0.1) is 5.52 Å². The maximum absolute atomic E-state index is 13.0. The number of hydrogen-bond donors (Lipinski definition) is 0. The number of anilines is 1. The molecule has 25 heavy (non-hydrogen) atoms. The summed E-state index contributed by atoms with van der Waals surface area (Å²) in [7, 11) is 0. The van der Waals surface area contributed by atoms with E-state index in [0.29, 0.717) is 6.54 Å². The summed E-state index contributed by atoms with van der Waals surface area (Å²) < 4.78 is 0. The standard InChI is InChI=1S/C22H22N2O/c1-22(2,3)18-10-8-15(9-11-18)21(25)24-13-12-17-14-16-6-4-5-7-19(16)23-20(17)24/h4-11,14H,12-13H2,1-3H3. The van der Waals surface area contributed by atoms with Crippen LogP contribution in [0.25, 0.3) is 10.9 Å². The van der Waals surface area contributed by atoms with Crippen molar-refractivity contribution in [2.75, 3.05) is 11.4 Å². The first-order chi connectivity index (χ1) is 11.9. The average molecular weight is 330 g/mol. The second-order valence-electron chi connectivity index (χ2n) is 7.70. The lowest BCUT2D eigenvalue weighted by Crippen LogP contribution is -2.29. The molecular formula is C22H22N2O. The van der Waals surface area contributed by atoms with Gasteiger partial charge in [-0.15, -0.1) is 0 Å². The molecule has 1 amide bonds. The normalized spacial score (nSPS) is 14.0. The number of para-hydroxylation sites is 1. The molecule has 1 aliphatic heterocycles. The minimum atomic E-state index is 0.0296. The number of hydrogen-bond acceptors (Lipinski definition) is 2. The molecule has 0 spiro atoms. The lowest BCUT2D eigenvalue weighted by molar-refractivity contribution is 0.0988. The monoisotopic (exact) mass is 330 g/mol. The number of pyridine rings is 1. The molecule has 0 unspecified atom stereocenters. The van der Waals surface area contributed by atoms with Gasteiger partial charge < -0.3 is 0 Å². The van der Waals surface area contributed by atoms with Gasteiger partial charge >= 0.3 is 0 Å². The summed E-state index contributed by atoms with van der Waals surface area (Å²) in [5.74, 6) is 0.839. The number of benzene rings is 2. The molecule has 1 aliphatic rings. The molecule has 0 atom stereocenters. The molecule has 2 aromatic carbocycles. The highest BCUT2D eigenvalue weighted by Crippen LogP contribution is 2.31. The summed E-state index contributed by atoms with van der Waals surface area (Å²) >= 11 is 0. The van der Waals surface area contributed by atoms with Gasteiger partial charge in [0.2, 0.25) is 0 Å². The van der Waals surface area contributed by atoms with E-state index < -0.39 is 0 Å². The number of amides is 1. The van der Waals surface area contributed by atoms with Gasteiger partial charge in [0.15, 0.2) is 0 Å². The Hall–Kier alpha value is -2.68. The van der Waals surface area contributed by atoms with Crippen molar-refractivity contribution in [3.8, 4) is 0 Å². The van der Waals surface area contributed by atoms with Crippen molar-refractivity contribution in [1.29, 1.82) is 0 Å². The molecule has 1 aromatic heterocycles. The average Bonchev–Trinajstić information content (AvgIpc) is 3.01. The maximum atomic E-state index is 13.0. The SMILES string of the molecule is CC(C)(C)c1ccc(C(=O)N2CCc3cc4ccccc4nc32)cc1. The predicted molar refractivity (Wildman–Crippen MR) is 102 cm³/mol. The fourth-order valence-corrected chi connectivity index (χ4v) is 3.37. The molecule has 2 heterocycles. The van der Waals surface area contributed by atoms with Crippen molar-refractivity contribution in [3.63, 3.8) is 0 Å². The second kappa shape index (κ2) is 5.69. The lowest BCUT2D eigenvalue weighted by atomic mass is 9.86. The van der Waals surface area contributed by atoms with E-state index in [-0.39, 0.29) is 11.3 Å². The molecule has 0 N–H and O–H groups in total. The third kappa shape index (κ3) is 2.80. The number of carbonyl (C=O) groups is 1. The molecule has 0 saturated heterocycles. The summed E-state index contributed by atoms with van der Waals surface area (Å²) in [6, 6.07) is 18.2. The topological polar surface area (TPSA) is 33.2 Å². The zero-order valence-electron chi connectivity index (χ0n) is 14.9. The summed E-state index contributed by atoms with van der Waals surface area (Å²) in [4.78, 5) is 19.6. The molecule has 0 fully saturated rings. The summed E-state index contributed by atoms with van der Waals surface area (Å²) in [5.41, 5.74) is 4.12. The quantitative estimate of drug-likeness (QED) is 0.646. The molecule has 0 bridgehead atoms. The number of aromatic nitrogens is 1. The Morgan fingerprint density at radius 2 is 1.76 bits per heavy atom. The summed E-state index contributed by atoms with van der Waals surface area (Å²) in [5, 5.41) is 1.13. The smallest absolute Gasteiger partial charge is 0.259 e. The molecule has 3 heteroatoms. The van der Waals surface area contributed by atoms with E-state index in [0.717, 1.165) is 34.3 Å². The Kier molecular flexibility index (Phi) is 3.60. The van der Waals surface area contributed by atoms with Gasteiger partial charge in [-0.2, -0.15) is 0 Å². The van der Waals surface area contributed by atoms with Crippen LogP contribution in [0.5, 0.6) is 0 Å². The van der Waals surface area contributed by atoms with Gasteiger partial charge in [0.25, 0.3) is 5.91 Å². The molecule has 3 aromatic rings. The first-order valence-corrected chi connectivity index (χ1v) is 8.74. The molecule has 0 radical (unpaired) electrons. The van der Waals surface area contributed by atoms with Crippen LogP contribution in [-0.4, -0.2) is 17.4 Å². The van der Waals surface area contributed by atoms with E-state index in [2.05, 4.69) is 45.0 Å². The van der Waals surface area contributed by atoms with Gasteiger partial charge in [-0.1, -0.05) is 51.1 Å². The van der Waals surface area contributed by atoms with E-state index in [4.69, 9.17) is 4.98 Å². The van der Waals surface area contributed by atoms with Gasteiger partial charge in [0.1, 0.15) is 5.82 Å². The van der Waals surface area contributed by atoms with Crippen LogP contribution < -0.4 is 4.90 Å². The van der Waals surface area contributed by atoms with Crippen LogP contribution in [0.4, 0.5) is 5.82 Å². The van der Waals surface area contributed by atoms with Crippen LogP contribution in [0.3, 0.4) is 0 Å². The highest BCUT2D eigenvalue weighted by atomic mass is 16.2. The molecule has 0 saturated carbocycles. The van der Waals surface area contributed by atoms with Crippen molar-refractivity contribution >= 4 is 22.6 Å². The fourth-order valence-electron chi connectivity index (χ4n) is 3.37. The van der Waals surface area contributed by atoms with Crippen molar-refractivity contribution < 1.29 is 4.79 Å². The van der Waals surface area contributed by atoms with Crippen LogP contribution in [0, 0.1) is 0 Å². The first-order valence-electron chi connectivity index (χ1n) is 8.74. The number of nitrogens with zero attached hydrogens (tertiary/aromatic N) is 2. The van der Waals surface area contributed by atoms with Gasteiger partial charge in [-0.25, -0.2) is 4.98 Å². The molecule has 4 rings (SSSR count). The Morgan fingerprint density at radius 1 is 1.04 bits per heavy atom. The highest BCUT2D eigenvalue weighted by Gasteiger charge is 2.27. The molecular weight excluding hydrogens is 308 g/mol. The largest absolute Gasteiger partial charge is 0.292 e. The van der Waals surface area contributed by atoms with Gasteiger partial charge in [-0.05, 0) is 47.2 Å². The van der Waals surface area contributed by atoms with Gasteiger partial charge in [-0.3, -0.25) is 9.69 Å². The van der Waals surface area contributed by atoms with Crippen LogP contribution in [0.1, 0.15) is 42.3 Å². The molecule has 0 aliphatic carbocycles. The first kappa shape index (κ1) is 15.8. The van der Waals surface area contributed by atoms with Crippen LogP contribution in [-0.2, 0) is 11.8 Å². The van der Waals surface area contributed by atoms with E-state index in [1.807, 2.05) is 35.2 Å².